The topological polar surface area (TPSA) is 24.1 Å². The standard InChI is InChI=1S/C17H28N2/c1-3-5-12-19-17-8-6-7-14-13-15(18-11-4-2)9-10-16(14)17/h6-8,15,18-19H,3-5,9-13H2,1-2H3. The van der Waals surface area contributed by atoms with E-state index in [2.05, 4.69) is 42.7 Å². The summed E-state index contributed by atoms with van der Waals surface area (Å²) in [6, 6.07) is 7.43. The Hall–Kier alpha value is -1.02. The van der Waals surface area contributed by atoms with Gasteiger partial charge in [0.05, 0.1) is 0 Å². The molecule has 1 atom stereocenters. The molecule has 0 spiro atoms. The second kappa shape index (κ2) is 7.54. The lowest BCUT2D eigenvalue weighted by Gasteiger charge is -2.27. The summed E-state index contributed by atoms with van der Waals surface area (Å²) in [5, 5.41) is 7.27. The maximum absolute atomic E-state index is 3.66. The number of rotatable bonds is 7. The third-order valence-electron chi connectivity index (χ3n) is 4.01. The van der Waals surface area contributed by atoms with Crippen molar-refractivity contribution in [3.8, 4) is 0 Å². The van der Waals surface area contributed by atoms with Crippen LogP contribution in [0.2, 0.25) is 0 Å². The van der Waals surface area contributed by atoms with E-state index in [0.717, 1.165) is 13.1 Å². The van der Waals surface area contributed by atoms with Crippen LogP contribution in [0.25, 0.3) is 0 Å². The minimum Gasteiger partial charge on any atom is -0.385 e. The van der Waals surface area contributed by atoms with Gasteiger partial charge in [-0.25, -0.2) is 0 Å². The average Bonchev–Trinajstić information content (AvgIpc) is 2.45. The smallest absolute Gasteiger partial charge is 0.0375 e. The quantitative estimate of drug-likeness (QED) is 0.730. The number of hydrogen-bond donors (Lipinski definition) is 2. The van der Waals surface area contributed by atoms with Crippen LogP contribution in [0, 0.1) is 0 Å². The summed E-state index contributed by atoms with van der Waals surface area (Å²) in [5.41, 5.74) is 4.48. The maximum atomic E-state index is 3.66. The fraction of sp³-hybridized carbons (Fsp3) is 0.647. The van der Waals surface area contributed by atoms with Crippen LogP contribution in [0.5, 0.6) is 0 Å². The summed E-state index contributed by atoms with van der Waals surface area (Å²) in [4.78, 5) is 0. The van der Waals surface area contributed by atoms with Crippen molar-refractivity contribution < 1.29 is 0 Å². The van der Waals surface area contributed by atoms with Gasteiger partial charge in [-0.2, -0.15) is 0 Å². The number of unbranched alkanes of at least 4 members (excludes halogenated alkanes) is 1. The first-order valence-corrected chi connectivity index (χ1v) is 7.93. The van der Waals surface area contributed by atoms with Gasteiger partial charge >= 0.3 is 0 Å². The molecule has 1 aliphatic carbocycles. The normalized spacial score (nSPS) is 18.1. The fourth-order valence-electron chi connectivity index (χ4n) is 2.90. The molecule has 0 saturated carbocycles. The first-order valence-electron chi connectivity index (χ1n) is 7.93. The Bertz CT molecular complexity index is 387. The van der Waals surface area contributed by atoms with Crippen molar-refractivity contribution in [3.05, 3.63) is 29.3 Å². The SMILES string of the molecule is CCCCNc1cccc2c1CCC(NCCC)C2. The lowest BCUT2D eigenvalue weighted by Crippen LogP contribution is -2.35. The molecule has 106 valence electrons. The molecule has 19 heavy (non-hydrogen) atoms. The Kier molecular flexibility index (Phi) is 5.71. The van der Waals surface area contributed by atoms with Gasteiger partial charge in [-0.15, -0.1) is 0 Å². The fourth-order valence-corrected chi connectivity index (χ4v) is 2.90. The molecule has 1 unspecified atom stereocenters. The molecule has 0 fully saturated rings. The monoisotopic (exact) mass is 260 g/mol. The number of benzene rings is 1. The third-order valence-corrected chi connectivity index (χ3v) is 4.01. The summed E-state index contributed by atoms with van der Waals surface area (Å²) in [6.07, 6.45) is 7.42. The molecule has 1 aromatic carbocycles. The van der Waals surface area contributed by atoms with E-state index in [0.29, 0.717) is 6.04 Å². The highest BCUT2D eigenvalue weighted by Crippen LogP contribution is 2.28. The second-order valence-electron chi connectivity index (χ2n) is 5.62. The highest BCUT2D eigenvalue weighted by Gasteiger charge is 2.19. The van der Waals surface area contributed by atoms with Crippen molar-refractivity contribution in [1.82, 2.24) is 5.32 Å². The molecular formula is C17H28N2. The van der Waals surface area contributed by atoms with E-state index >= 15 is 0 Å². The minimum absolute atomic E-state index is 0.679. The molecule has 2 N–H and O–H groups in total. The van der Waals surface area contributed by atoms with Crippen LogP contribution in [-0.2, 0) is 12.8 Å². The van der Waals surface area contributed by atoms with Crippen molar-refractivity contribution in [2.45, 2.75) is 58.4 Å². The molecule has 0 aliphatic heterocycles. The highest BCUT2D eigenvalue weighted by molar-refractivity contribution is 5.55. The Balaban J connectivity index is 1.99. The highest BCUT2D eigenvalue weighted by atomic mass is 14.9. The molecule has 0 radical (unpaired) electrons. The summed E-state index contributed by atoms with van der Waals surface area (Å²) >= 11 is 0. The lowest BCUT2D eigenvalue weighted by atomic mass is 9.87. The van der Waals surface area contributed by atoms with Crippen LogP contribution < -0.4 is 10.6 Å². The molecule has 0 saturated heterocycles. The predicted octanol–water partition coefficient (Wildman–Crippen LogP) is 3.76. The number of fused-ring (bicyclic) bond motifs is 1. The predicted molar refractivity (Wildman–Crippen MR) is 83.9 cm³/mol. The summed E-state index contributed by atoms with van der Waals surface area (Å²) < 4.78 is 0. The number of anilines is 1. The van der Waals surface area contributed by atoms with Crippen LogP contribution in [0.1, 0.15) is 50.7 Å². The molecule has 0 heterocycles. The van der Waals surface area contributed by atoms with Crippen molar-refractivity contribution in [3.63, 3.8) is 0 Å². The summed E-state index contributed by atoms with van der Waals surface area (Å²) in [7, 11) is 0. The van der Waals surface area contributed by atoms with Crippen LogP contribution in [-0.4, -0.2) is 19.1 Å². The zero-order valence-corrected chi connectivity index (χ0v) is 12.5. The van der Waals surface area contributed by atoms with Crippen molar-refractivity contribution in [1.29, 1.82) is 0 Å². The van der Waals surface area contributed by atoms with Crippen molar-refractivity contribution in [2.75, 3.05) is 18.4 Å². The second-order valence-corrected chi connectivity index (χ2v) is 5.62. The Labute approximate surface area is 118 Å². The molecule has 0 amide bonds. The molecule has 0 bridgehead atoms. The minimum atomic E-state index is 0.679. The molecule has 1 aromatic rings. The van der Waals surface area contributed by atoms with Crippen LogP contribution in [0.15, 0.2) is 18.2 Å². The average molecular weight is 260 g/mol. The van der Waals surface area contributed by atoms with Crippen LogP contribution in [0.4, 0.5) is 5.69 Å². The summed E-state index contributed by atoms with van der Waals surface area (Å²) in [5.74, 6) is 0. The number of nitrogens with one attached hydrogen (secondary N) is 2. The Morgan fingerprint density at radius 2 is 2.05 bits per heavy atom. The zero-order chi connectivity index (χ0) is 13.5. The van der Waals surface area contributed by atoms with Gasteiger partial charge in [0.1, 0.15) is 0 Å². The largest absolute Gasteiger partial charge is 0.385 e. The van der Waals surface area contributed by atoms with Gasteiger partial charge in [0, 0.05) is 18.3 Å². The van der Waals surface area contributed by atoms with E-state index in [9.17, 15) is 0 Å². The van der Waals surface area contributed by atoms with E-state index in [1.54, 1.807) is 11.1 Å². The van der Waals surface area contributed by atoms with Crippen LogP contribution >= 0.6 is 0 Å². The lowest BCUT2D eigenvalue weighted by molar-refractivity contribution is 0.459. The molecule has 1 aliphatic rings. The van der Waals surface area contributed by atoms with E-state index in [1.165, 1.54) is 44.2 Å². The van der Waals surface area contributed by atoms with Crippen molar-refractivity contribution in [2.24, 2.45) is 0 Å². The summed E-state index contributed by atoms with van der Waals surface area (Å²) in [6.45, 7) is 6.73. The molecule has 2 heteroatoms. The first kappa shape index (κ1) is 14.4. The van der Waals surface area contributed by atoms with E-state index in [1.807, 2.05) is 0 Å². The van der Waals surface area contributed by atoms with E-state index < -0.39 is 0 Å². The maximum Gasteiger partial charge on any atom is 0.0375 e. The van der Waals surface area contributed by atoms with Gasteiger partial charge in [0.15, 0.2) is 0 Å². The molecule has 0 aromatic heterocycles. The zero-order valence-electron chi connectivity index (χ0n) is 12.5. The van der Waals surface area contributed by atoms with Crippen molar-refractivity contribution >= 4 is 5.69 Å². The third kappa shape index (κ3) is 3.97. The van der Waals surface area contributed by atoms with Gasteiger partial charge < -0.3 is 10.6 Å². The van der Waals surface area contributed by atoms with Gasteiger partial charge in [0.25, 0.3) is 0 Å². The molecular weight excluding hydrogens is 232 g/mol. The first-order chi connectivity index (χ1) is 9.35. The van der Waals surface area contributed by atoms with Gasteiger partial charge in [-0.05, 0) is 55.8 Å². The van der Waals surface area contributed by atoms with Gasteiger partial charge in [0.2, 0.25) is 0 Å². The van der Waals surface area contributed by atoms with Gasteiger partial charge in [-0.3, -0.25) is 0 Å². The van der Waals surface area contributed by atoms with E-state index in [-0.39, 0.29) is 0 Å². The molecule has 2 rings (SSSR count). The number of hydrogen-bond acceptors (Lipinski definition) is 2. The Morgan fingerprint density at radius 3 is 2.84 bits per heavy atom. The van der Waals surface area contributed by atoms with E-state index in [4.69, 9.17) is 0 Å². The molecule has 2 nitrogen and oxygen atoms in total. The van der Waals surface area contributed by atoms with Gasteiger partial charge in [-0.1, -0.05) is 32.4 Å². The van der Waals surface area contributed by atoms with Crippen LogP contribution in [0.3, 0.4) is 0 Å². The Morgan fingerprint density at radius 1 is 1.16 bits per heavy atom.